The Morgan fingerprint density at radius 1 is 1.62 bits per heavy atom. The van der Waals surface area contributed by atoms with Gasteiger partial charge >= 0.3 is 0 Å². The Morgan fingerprint density at radius 2 is 2.31 bits per heavy atom. The van der Waals surface area contributed by atoms with Crippen molar-refractivity contribution in [2.75, 3.05) is 11.9 Å². The maximum absolute atomic E-state index is 11.3. The predicted molar refractivity (Wildman–Crippen MR) is 54.9 cm³/mol. The first-order valence-electron chi connectivity index (χ1n) is 4.62. The van der Waals surface area contributed by atoms with Crippen molar-refractivity contribution in [3.05, 3.63) is 0 Å². The molecule has 1 rings (SSSR count). The molecule has 3 nitrogen and oxygen atoms in total. The smallest absolute Gasteiger partial charge is 0.221 e. The number of halogens is 1. The molecule has 0 aromatic heterocycles. The Balaban J connectivity index is 2.33. The van der Waals surface area contributed by atoms with Crippen LogP contribution in [0.2, 0.25) is 0 Å². The molecular weight excluding hydrogens is 234 g/mol. The average molecular weight is 250 g/mol. The molecule has 1 amide bonds. The van der Waals surface area contributed by atoms with E-state index in [1.165, 1.54) is 0 Å². The summed E-state index contributed by atoms with van der Waals surface area (Å²) in [6, 6.07) is 0.196. The second kappa shape index (κ2) is 4.96. The van der Waals surface area contributed by atoms with Crippen LogP contribution in [0.15, 0.2) is 0 Å². The van der Waals surface area contributed by atoms with Gasteiger partial charge in [0.2, 0.25) is 5.91 Å². The van der Waals surface area contributed by atoms with Crippen molar-refractivity contribution in [1.29, 1.82) is 0 Å². The van der Waals surface area contributed by atoms with Crippen LogP contribution in [0.5, 0.6) is 0 Å². The monoisotopic (exact) mass is 249 g/mol. The highest BCUT2D eigenvalue weighted by Crippen LogP contribution is 2.20. The van der Waals surface area contributed by atoms with Crippen molar-refractivity contribution in [3.8, 4) is 0 Å². The van der Waals surface area contributed by atoms with E-state index in [2.05, 4.69) is 28.2 Å². The molecule has 4 heteroatoms. The number of amides is 1. The van der Waals surface area contributed by atoms with Gasteiger partial charge in [0.05, 0.1) is 18.8 Å². The molecule has 0 radical (unpaired) electrons. The molecule has 1 aliphatic heterocycles. The summed E-state index contributed by atoms with van der Waals surface area (Å²) < 4.78 is 5.43. The topological polar surface area (TPSA) is 38.3 Å². The minimum absolute atomic E-state index is 0.103. The lowest BCUT2D eigenvalue weighted by molar-refractivity contribution is -0.121. The highest BCUT2D eigenvalue weighted by atomic mass is 79.9. The lowest BCUT2D eigenvalue weighted by Crippen LogP contribution is -2.39. The summed E-state index contributed by atoms with van der Waals surface area (Å²) in [5.41, 5.74) is 0. The molecule has 0 aromatic rings. The SMILES string of the molecule is CC1OCC(NC(=O)CCBr)C1C. The quantitative estimate of drug-likeness (QED) is 0.767. The minimum atomic E-state index is 0.103. The van der Waals surface area contributed by atoms with Crippen LogP contribution in [0.4, 0.5) is 0 Å². The first-order valence-corrected chi connectivity index (χ1v) is 5.74. The zero-order chi connectivity index (χ0) is 9.84. The summed E-state index contributed by atoms with van der Waals surface area (Å²) in [7, 11) is 0. The van der Waals surface area contributed by atoms with E-state index in [0.717, 1.165) is 5.33 Å². The van der Waals surface area contributed by atoms with Crippen LogP contribution in [0.25, 0.3) is 0 Å². The predicted octanol–water partition coefficient (Wildman–Crippen LogP) is 1.31. The minimum Gasteiger partial charge on any atom is -0.376 e. The number of rotatable bonds is 3. The van der Waals surface area contributed by atoms with Gasteiger partial charge in [0.15, 0.2) is 0 Å². The molecule has 1 N–H and O–H groups in total. The summed E-state index contributed by atoms with van der Waals surface area (Å²) in [5, 5.41) is 3.68. The maximum atomic E-state index is 11.3. The summed E-state index contributed by atoms with van der Waals surface area (Å²) in [5.74, 6) is 0.519. The molecular formula is C9H16BrNO2. The molecule has 0 bridgehead atoms. The number of hydrogen-bond acceptors (Lipinski definition) is 2. The van der Waals surface area contributed by atoms with E-state index in [9.17, 15) is 4.79 Å². The zero-order valence-corrected chi connectivity index (χ0v) is 9.63. The zero-order valence-electron chi connectivity index (χ0n) is 8.05. The van der Waals surface area contributed by atoms with Crippen LogP contribution in [-0.2, 0) is 9.53 Å². The summed E-state index contributed by atoms with van der Waals surface area (Å²) in [6.45, 7) is 4.80. The van der Waals surface area contributed by atoms with Crippen LogP contribution in [0.1, 0.15) is 20.3 Å². The lowest BCUT2D eigenvalue weighted by Gasteiger charge is -2.16. The van der Waals surface area contributed by atoms with Gasteiger partial charge in [-0.2, -0.15) is 0 Å². The van der Waals surface area contributed by atoms with Gasteiger partial charge in [0, 0.05) is 17.7 Å². The van der Waals surface area contributed by atoms with E-state index in [-0.39, 0.29) is 18.1 Å². The molecule has 0 spiro atoms. The number of ether oxygens (including phenoxy) is 1. The van der Waals surface area contributed by atoms with Gasteiger partial charge in [0.1, 0.15) is 0 Å². The molecule has 1 aliphatic rings. The van der Waals surface area contributed by atoms with Gasteiger partial charge < -0.3 is 10.1 Å². The largest absolute Gasteiger partial charge is 0.376 e. The number of carbonyl (C=O) groups excluding carboxylic acids is 1. The number of carbonyl (C=O) groups is 1. The van der Waals surface area contributed by atoms with Crippen LogP contribution < -0.4 is 5.32 Å². The molecule has 1 fully saturated rings. The lowest BCUT2D eigenvalue weighted by atomic mass is 10.0. The van der Waals surface area contributed by atoms with Gasteiger partial charge in [-0.15, -0.1) is 0 Å². The third-order valence-electron chi connectivity index (χ3n) is 2.58. The van der Waals surface area contributed by atoms with Gasteiger partial charge in [-0.3, -0.25) is 4.79 Å². The first-order chi connectivity index (χ1) is 6.15. The Bertz CT molecular complexity index is 186. The van der Waals surface area contributed by atoms with Crippen molar-refractivity contribution >= 4 is 21.8 Å². The molecule has 1 heterocycles. The third-order valence-corrected chi connectivity index (χ3v) is 2.98. The van der Waals surface area contributed by atoms with Gasteiger partial charge in [-0.25, -0.2) is 0 Å². The van der Waals surface area contributed by atoms with E-state index in [1.54, 1.807) is 0 Å². The van der Waals surface area contributed by atoms with E-state index < -0.39 is 0 Å². The molecule has 3 atom stereocenters. The van der Waals surface area contributed by atoms with E-state index >= 15 is 0 Å². The summed E-state index contributed by atoms with van der Waals surface area (Å²) in [6.07, 6.45) is 0.798. The molecule has 0 saturated carbocycles. The Hall–Kier alpha value is -0.0900. The summed E-state index contributed by atoms with van der Waals surface area (Å²) in [4.78, 5) is 11.3. The number of nitrogens with one attached hydrogen (secondary N) is 1. The van der Waals surface area contributed by atoms with Crippen LogP contribution >= 0.6 is 15.9 Å². The van der Waals surface area contributed by atoms with Crippen LogP contribution in [0, 0.1) is 5.92 Å². The highest BCUT2D eigenvalue weighted by molar-refractivity contribution is 9.09. The second-order valence-corrected chi connectivity index (χ2v) is 4.30. The Labute approximate surface area is 87.3 Å². The van der Waals surface area contributed by atoms with Gasteiger partial charge in [0.25, 0.3) is 0 Å². The summed E-state index contributed by atoms with van der Waals surface area (Å²) >= 11 is 3.23. The number of alkyl halides is 1. The molecule has 3 unspecified atom stereocenters. The number of hydrogen-bond donors (Lipinski definition) is 1. The van der Waals surface area contributed by atoms with Crippen molar-refractivity contribution in [2.24, 2.45) is 5.92 Å². The molecule has 13 heavy (non-hydrogen) atoms. The van der Waals surface area contributed by atoms with E-state index in [1.807, 2.05) is 6.92 Å². The molecule has 1 saturated heterocycles. The standard InChI is InChI=1S/C9H16BrNO2/c1-6-7(2)13-5-8(6)11-9(12)3-4-10/h6-8H,3-5H2,1-2H3,(H,11,12). The fourth-order valence-corrected chi connectivity index (χ4v) is 1.78. The van der Waals surface area contributed by atoms with Crippen LogP contribution in [0.3, 0.4) is 0 Å². The average Bonchev–Trinajstić information content (AvgIpc) is 2.37. The van der Waals surface area contributed by atoms with Crippen molar-refractivity contribution < 1.29 is 9.53 Å². The Kier molecular flexibility index (Phi) is 4.19. The fraction of sp³-hybridized carbons (Fsp3) is 0.889. The van der Waals surface area contributed by atoms with Crippen molar-refractivity contribution in [1.82, 2.24) is 5.32 Å². The van der Waals surface area contributed by atoms with Crippen LogP contribution in [-0.4, -0.2) is 30.0 Å². The van der Waals surface area contributed by atoms with Crippen molar-refractivity contribution in [2.45, 2.75) is 32.4 Å². The molecule has 76 valence electrons. The highest BCUT2D eigenvalue weighted by Gasteiger charge is 2.31. The normalized spacial score (nSPS) is 33.3. The second-order valence-electron chi connectivity index (χ2n) is 3.51. The van der Waals surface area contributed by atoms with Crippen molar-refractivity contribution in [3.63, 3.8) is 0 Å². The van der Waals surface area contributed by atoms with E-state index in [4.69, 9.17) is 4.74 Å². The third kappa shape index (κ3) is 2.95. The first kappa shape index (κ1) is 11.0. The molecule has 0 aromatic carbocycles. The van der Waals surface area contributed by atoms with E-state index in [0.29, 0.717) is 18.9 Å². The van der Waals surface area contributed by atoms with Gasteiger partial charge in [-0.1, -0.05) is 22.9 Å². The molecule has 0 aliphatic carbocycles. The Morgan fingerprint density at radius 3 is 2.77 bits per heavy atom. The maximum Gasteiger partial charge on any atom is 0.221 e. The fourth-order valence-electron chi connectivity index (χ4n) is 1.42. The van der Waals surface area contributed by atoms with Gasteiger partial charge in [-0.05, 0) is 6.92 Å².